The molecule has 2 rings (SSSR count). The molecule has 0 spiro atoms. The Morgan fingerprint density at radius 3 is 3.00 bits per heavy atom. The number of methoxy groups -OCH3 is 1. The molecule has 1 unspecified atom stereocenters. The maximum Gasteiger partial charge on any atom is 0.167 e. The minimum atomic E-state index is -0.291. The van der Waals surface area contributed by atoms with E-state index in [1.54, 1.807) is 12.1 Å². The van der Waals surface area contributed by atoms with E-state index in [0.29, 0.717) is 11.8 Å². The van der Waals surface area contributed by atoms with Crippen LogP contribution in [-0.2, 0) is 0 Å². The number of likely N-dealkylation sites (N-methyl/N-ethyl adjacent to an activating group) is 1. The number of piperidine rings is 1. The van der Waals surface area contributed by atoms with E-state index in [1.807, 2.05) is 6.07 Å². The van der Waals surface area contributed by atoms with Gasteiger partial charge in [-0.3, -0.25) is 0 Å². The number of nitrogens with one attached hydrogen (secondary N) is 1. The van der Waals surface area contributed by atoms with Crippen LogP contribution in [-0.4, -0.2) is 32.8 Å². The molecular weight excluding hydrogens is 231 g/mol. The molecule has 18 heavy (non-hydrogen) atoms. The fourth-order valence-corrected chi connectivity index (χ4v) is 2.52. The average Bonchev–Trinajstić information content (AvgIpc) is 2.39. The number of nitrogens with zero attached hydrogens (tertiary/aromatic N) is 1. The second-order valence-corrected chi connectivity index (χ2v) is 4.66. The van der Waals surface area contributed by atoms with E-state index in [4.69, 9.17) is 4.74 Å². The predicted molar refractivity (Wildman–Crippen MR) is 71.9 cm³/mol. The van der Waals surface area contributed by atoms with Gasteiger partial charge in [0.2, 0.25) is 0 Å². The Morgan fingerprint density at radius 1 is 1.50 bits per heavy atom. The molecule has 0 saturated carbocycles. The van der Waals surface area contributed by atoms with Gasteiger partial charge in [-0.15, -0.1) is 0 Å². The maximum absolute atomic E-state index is 13.7. The van der Waals surface area contributed by atoms with E-state index in [-0.39, 0.29) is 5.82 Å². The lowest BCUT2D eigenvalue weighted by Gasteiger charge is -2.34. The summed E-state index contributed by atoms with van der Waals surface area (Å²) < 4.78 is 18.6. The SMILES string of the molecule is CCNC1CCCN(c2ccc(OC)c(F)c2)C1. The van der Waals surface area contributed by atoms with Crippen LogP contribution >= 0.6 is 0 Å². The van der Waals surface area contributed by atoms with Gasteiger partial charge in [0.1, 0.15) is 0 Å². The first-order valence-corrected chi connectivity index (χ1v) is 6.56. The van der Waals surface area contributed by atoms with Crippen LogP contribution in [0.15, 0.2) is 18.2 Å². The van der Waals surface area contributed by atoms with Gasteiger partial charge in [-0.05, 0) is 31.5 Å². The van der Waals surface area contributed by atoms with E-state index in [2.05, 4.69) is 17.1 Å². The third-order valence-electron chi connectivity index (χ3n) is 3.41. The Labute approximate surface area is 108 Å². The summed E-state index contributed by atoms with van der Waals surface area (Å²) in [5.41, 5.74) is 0.941. The highest BCUT2D eigenvalue weighted by molar-refractivity contribution is 5.50. The van der Waals surface area contributed by atoms with Crippen molar-refractivity contribution in [2.24, 2.45) is 0 Å². The Bertz CT molecular complexity index is 395. The van der Waals surface area contributed by atoms with Crippen molar-refractivity contribution in [2.75, 3.05) is 31.6 Å². The van der Waals surface area contributed by atoms with Crippen molar-refractivity contribution in [1.82, 2.24) is 5.32 Å². The quantitative estimate of drug-likeness (QED) is 0.890. The molecule has 1 aromatic carbocycles. The summed E-state index contributed by atoms with van der Waals surface area (Å²) in [6.07, 6.45) is 2.34. The summed E-state index contributed by atoms with van der Waals surface area (Å²) >= 11 is 0. The summed E-state index contributed by atoms with van der Waals surface area (Å²) in [6.45, 7) is 5.04. The van der Waals surface area contributed by atoms with Gasteiger partial charge in [0.05, 0.1) is 7.11 Å². The summed E-state index contributed by atoms with van der Waals surface area (Å²) in [5.74, 6) is 0.0135. The minimum Gasteiger partial charge on any atom is -0.494 e. The predicted octanol–water partition coefficient (Wildman–Crippen LogP) is 2.41. The molecule has 1 atom stereocenters. The van der Waals surface area contributed by atoms with Gasteiger partial charge in [0.25, 0.3) is 0 Å². The molecule has 4 heteroatoms. The second-order valence-electron chi connectivity index (χ2n) is 4.66. The molecule has 3 nitrogen and oxygen atoms in total. The van der Waals surface area contributed by atoms with Crippen molar-refractivity contribution in [3.63, 3.8) is 0 Å². The second kappa shape index (κ2) is 6.05. The summed E-state index contributed by atoms with van der Waals surface area (Å²) in [7, 11) is 1.49. The highest BCUT2D eigenvalue weighted by Gasteiger charge is 2.20. The van der Waals surface area contributed by atoms with Crippen LogP contribution in [0.4, 0.5) is 10.1 Å². The Balaban J connectivity index is 2.08. The van der Waals surface area contributed by atoms with Gasteiger partial charge in [0.15, 0.2) is 11.6 Å². The average molecular weight is 252 g/mol. The third kappa shape index (κ3) is 2.93. The van der Waals surface area contributed by atoms with Crippen molar-refractivity contribution in [2.45, 2.75) is 25.8 Å². The smallest absolute Gasteiger partial charge is 0.167 e. The summed E-state index contributed by atoms with van der Waals surface area (Å²) in [4.78, 5) is 2.24. The van der Waals surface area contributed by atoms with Gasteiger partial charge in [-0.1, -0.05) is 6.92 Å². The van der Waals surface area contributed by atoms with E-state index in [9.17, 15) is 4.39 Å². The number of halogens is 1. The molecule has 1 aromatic rings. The van der Waals surface area contributed by atoms with Crippen LogP contribution in [0.3, 0.4) is 0 Å². The van der Waals surface area contributed by atoms with Crippen molar-refractivity contribution in [3.05, 3.63) is 24.0 Å². The Hall–Kier alpha value is -1.29. The zero-order valence-electron chi connectivity index (χ0n) is 11.1. The number of ether oxygens (including phenoxy) is 1. The van der Waals surface area contributed by atoms with Crippen LogP contribution < -0.4 is 15.0 Å². The summed E-state index contributed by atoms with van der Waals surface area (Å²) in [6, 6.07) is 5.69. The van der Waals surface area contributed by atoms with Crippen molar-refractivity contribution in [1.29, 1.82) is 0 Å². The van der Waals surface area contributed by atoms with E-state index < -0.39 is 0 Å². The van der Waals surface area contributed by atoms with Crippen molar-refractivity contribution < 1.29 is 9.13 Å². The summed E-state index contributed by atoms with van der Waals surface area (Å²) in [5, 5.41) is 3.46. The van der Waals surface area contributed by atoms with E-state index in [1.165, 1.54) is 13.5 Å². The van der Waals surface area contributed by atoms with Crippen LogP contribution in [0.1, 0.15) is 19.8 Å². The zero-order valence-corrected chi connectivity index (χ0v) is 11.1. The molecule has 0 aliphatic carbocycles. The van der Waals surface area contributed by atoms with Gasteiger partial charge in [-0.25, -0.2) is 4.39 Å². The highest BCUT2D eigenvalue weighted by Crippen LogP contribution is 2.25. The molecule has 1 heterocycles. The first-order chi connectivity index (χ1) is 8.74. The molecule has 1 aliphatic rings. The fourth-order valence-electron chi connectivity index (χ4n) is 2.52. The van der Waals surface area contributed by atoms with E-state index >= 15 is 0 Å². The molecule has 1 saturated heterocycles. The standard InChI is InChI=1S/C14H21FN2O/c1-3-16-11-5-4-8-17(10-11)12-6-7-14(18-2)13(15)9-12/h6-7,9,11,16H,3-5,8,10H2,1-2H3. The first-order valence-electron chi connectivity index (χ1n) is 6.56. The molecule has 0 radical (unpaired) electrons. The molecule has 100 valence electrons. The number of benzene rings is 1. The first kappa shape index (κ1) is 13.1. The lowest BCUT2D eigenvalue weighted by atomic mass is 10.0. The van der Waals surface area contributed by atoms with Crippen LogP contribution in [0.25, 0.3) is 0 Å². The number of hydrogen-bond donors (Lipinski definition) is 1. The minimum absolute atomic E-state index is 0.291. The molecule has 1 fully saturated rings. The lowest BCUT2D eigenvalue weighted by molar-refractivity contribution is 0.386. The van der Waals surface area contributed by atoms with E-state index in [0.717, 1.165) is 31.7 Å². The van der Waals surface area contributed by atoms with Crippen molar-refractivity contribution >= 4 is 5.69 Å². The fraction of sp³-hybridized carbons (Fsp3) is 0.571. The molecule has 0 bridgehead atoms. The molecular formula is C14H21FN2O. The van der Waals surface area contributed by atoms with Gasteiger partial charge in [-0.2, -0.15) is 0 Å². The molecule has 0 amide bonds. The highest BCUT2D eigenvalue weighted by atomic mass is 19.1. The van der Waals surface area contributed by atoms with Crippen LogP contribution in [0.5, 0.6) is 5.75 Å². The number of anilines is 1. The Kier molecular flexibility index (Phi) is 4.42. The molecule has 0 aromatic heterocycles. The monoisotopic (exact) mass is 252 g/mol. The Morgan fingerprint density at radius 2 is 2.33 bits per heavy atom. The largest absolute Gasteiger partial charge is 0.494 e. The normalized spacial score (nSPS) is 19.9. The third-order valence-corrected chi connectivity index (χ3v) is 3.41. The number of rotatable bonds is 4. The lowest BCUT2D eigenvalue weighted by Crippen LogP contribution is -2.45. The molecule has 1 aliphatic heterocycles. The van der Waals surface area contributed by atoms with Crippen LogP contribution in [0, 0.1) is 5.82 Å². The zero-order chi connectivity index (χ0) is 13.0. The maximum atomic E-state index is 13.7. The number of hydrogen-bond acceptors (Lipinski definition) is 3. The van der Waals surface area contributed by atoms with Crippen molar-refractivity contribution in [3.8, 4) is 5.75 Å². The molecule has 1 N–H and O–H groups in total. The van der Waals surface area contributed by atoms with Crippen LogP contribution in [0.2, 0.25) is 0 Å². The van der Waals surface area contributed by atoms with Gasteiger partial charge >= 0.3 is 0 Å². The topological polar surface area (TPSA) is 24.5 Å². The van der Waals surface area contributed by atoms with Gasteiger partial charge < -0.3 is 15.0 Å². The van der Waals surface area contributed by atoms with Gasteiger partial charge in [0, 0.05) is 30.9 Å².